The summed E-state index contributed by atoms with van der Waals surface area (Å²) in [7, 11) is 0. The summed E-state index contributed by atoms with van der Waals surface area (Å²) in [6.45, 7) is 11.2. The van der Waals surface area contributed by atoms with Gasteiger partial charge >= 0.3 is 0 Å². The second-order valence-corrected chi connectivity index (χ2v) is 6.70. The van der Waals surface area contributed by atoms with E-state index >= 15 is 0 Å². The Kier molecular flexibility index (Phi) is 2.86. The first-order chi connectivity index (χ1) is 6.97. The molecular weight excluding hydrogens is 204 g/mol. The number of hydrogen-bond acceptors (Lipinski definition) is 3. The summed E-state index contributed by atoms with van der Waals surface area (Å²) in [5.74, 6) is 0.818. The minimum absolute atomic E-state index is 0.200. The summed E-state index contributed by atoms with van der Waals surface area (Å²) in [5, 5.41) is 4.59. The molecule has 0 amide bonds. The molecule has 0 bridgehead atoms. The Morgan fingerprint density at radius 1 is 1.40 bits per heavy atom. The van der Waals surface area contributed by atoms with Crippen molar-refractivity contribution in [1.29, 1.82) is 0 Å². The van der Waals surface area contributed by atoms with Gasteiger partial charge < -0.3 is 5.32 Å². The molecule has 1 aromatic rings. The summed E-state index contributed by atoms with van der Waals surface area (Å²) in [6, 6.07) is 0. The topological polar surface area (TPSA) is 24.9 Å². The lowest BCUT2D eigenvalue weighted by atomic mass is 9.96. The molecule has 0 unspecified atom stereocenters. The van der Waals surface area contributed by atoms with Crippen molar-refractivity contribution in [3.8, 4) is 0 Å². The van der Waals surface area contributed by atoms with E-state index in [4.69, 9.17) is 4.98 Å². The molecule has 0 radical (unpaired) electrons. The van der Waals surface area contributed by atoms with Crippen LogP contribution < -0.4 is 5.32 Å². The zero-order valence-electron chi connectivity index (χ0n) is 10.1. The second kappa shape index (κ2) is 3.87. The van der Waals surface area contributed by atoms with E-state index in [1.165, 1.54) is 28.7 Å². The summed E-state index contributed by atoms with van der Waals surface area (Å²) in [4.78, 5) is 6.20. The van der Waals surface area contributed by atoms with Crippen molar-refractivity contribution in [3.63, 3.8) is 0 Å². The van der Waals surface area contributed by atoms with Crippen LogP contribution >= 0.6 is 11.3 Å². The van der Waals surface area contributed by atoms with Crippen LogP contribution in [0.25, 0.3) is 0 Å². The number of rotatable bonds is 2. The van der Waals surface area contributed by atoms with Gasteiger partial charge in [-0.15, -0.1) is 11.3 Å². The molecule has 1 saturated heterocycles. The smallest absolute Gasteiger partial charge is 0.0984 e. The molecule has 0 aromatic carbocycles. The highest BCUT2D eigenvalue weighted by molar-refractivity contribution is 7.11. The molecule has 1 aliphatic rings. The molecular formula is C12H20N2S. The number of thiazole rings is 1. The van der Waals surface area contributed by atoms with E-state index in [2.05, 4.69) is 33.0 Å². The number of aromatic nitrogens is 1. The van der Waals surface area contributed by atoms with E-state index < -0.39 is 0 Å². The van der Waals surface area contributed by atoms with Crippen molar-refractivity contribution in [3.05, 3.63) is 15.6 Å². The van der Waals surface area contributed by atoms with Crippen LogP contribution in [-0.4, -0.2) is 18.1 Å². The van der Waals surface area contributed by atoms with E-state index in [0.717, 1.165) is 12.3 Å². The fourth-order valence-corrected chi connectivity index (χ4v) is 2.70. The average Bonchev–Trinajstić information content (AvgIpc) is 2.39. The maximum Gasteiger partial charge on any atom is 0.0984 e. The molecule has 1 aliphatic heterocycles. The molecule has 0 aliphatic carbocycles. The molecule has 1 N–H and O–H groups in total. The fourth-order valence-electron chi connectivity index (χ4n) is 1.70. The third kappa shape index (κ3) is 2.40. The minimum Gasteiger partial charge on any atom is -0.316 e. The van der Waals surface area contributed by atoms with Crippen LogP contribution in [0.4, 0.5) is 0 Å². The van der Waals surface area contributed by atoms with Crippen LogP contribution in [0.2, 0.25) is 0 Å². The maximum atomic E-state index is 4.79. The first kappa shape index (κ1) is 11.1. The van der Waals surface area contributed by atoms with Crippen LogP contribution in [-0.2, 0) is 11.8 Å². The fraction of sp³-hybridized carbons (Fsp3) is 0.750. The first-order valence-corrected chi connectivity index (χ1v) is 6.46. The predicted octanol–water partition coefficient (Wildman–Crippen LogP) is 2.51. The Morgan fingerprint density at radius 3 is 2.47 bits per heavy atom. The molecule has 1 fully saturated rings. The van der Waals surface area contributed by atoms with Crippen molar-refractivity contribution in [2.45, 2.75) is 39.5 Å². The average molecular weight is 224 g/mol. The molecule has 0 spiro atoms. The number of aryl methyl sites for hydroxylation is 1. The van der Waals surface area contributed by atoms with Crippen LogP contribution in [0.15, 0.2) is 0 Å². The monoisotopic (exact) mass is 224 g/mol. The highest BCUT2D eigenvalue weighted by Crippen LogP contribution is 2.30. The quantitative estimate of drug-likeness (QED) is 0.835. The van der Waals surface area contributed by atoms with Crippen molar-refractivity contribution in [2.24, 2.45) is 5.92 Å². The van der Waals surface area contributed by atoms with E-state index in [1.54, 1.807) is 0 Å². The summed E-state index contributed by atoms with van der Waals surface area (Å²) >= 11 is 1.87. The largest absolute Gasteiger partial charge is 0.316 e. The van der Waals surface area contributed by atoms with Crippen LogP contribution in [0, 0.1) is 12.8 Å². The lowest BCUT2D eigenvalue weighted by molar-refractivity contribution is 0.343. The van der Waals surface area contributed by atoms with Gasteiger partial charge in [-0.2, -0.15) is 0 Å². The Balaban J connectivity index is 2.13. The van der Waals surface area contributed by atoms with Gasteiger partial charge in [-0.25, -0.2) is 4.98 Å². The summed E-state index contributed by atoms with van der Waals surface area (Å²) in [6.07, 6.45) is 1.16. The minimum atomic E-state index is 0.200. The zero-order valence-corrected chi connectivity index (χ0v) is 10.9. The van der Waals surface area contributed by atoms with E-state index in [-0.39, 0.29) is 5.41 Å². The Labute approximate surface area is 96.1 Å². The van der Waals surface area contributed by atoms with Gasteiger partial charge in [0.05, 0.1) is 10.7 Å². The highest BCUT2D eigenvalue weighted by atomic mass is 32.1. The van der Waals surface area contributed by atoms with E-state index in [9.17, 15) is 0 Å². The predicted molar refractivity (Wildman–Crippen MR) is 65.6 cm³/mol. The normalized spacial score (nSPS) is 17.9. The van der Waals surface area contributed by atoms with Crippen molar-refractivity contribution in [1.82, 2.24) is 10.3 Å². The molecule has 0 saturated carbocycles. The van der Waals surface area contributed by atoms with Gasteiger partial charge in [-0.05, 0) is 32.4 Å². The number of nitrogens with one attached hydrogen (secondary N) is 1. The van der Waals surface area contributed by atoms with Gasteiger partial charge in [0.2, 0.25) is 0 Å². The molecule has 2 rings (SSSR count). The second-order valence-electron chi connectivity index (χ2n) is 5.50. The molecule has 0 atom stereocenters. The third-order valence-corrected chi connectivity index (χ3v) is 4.32. The van der Waals surface area contributed by atoms with Crippen LogP contribution in [0.5, 0.6) is 0 Å². The molecule has 1 aromatic heterocycles. The lowest BCUT2D eigenvalue weighted by Crippen LogP contribution is -2.43. The number of hydrogen-bond donors (Lipinski definition) is 1. The summed E-state index contributed by atoms with van der Waals surface area (Å²) in [5.41, 5.74) is 1.53. The molecule has 2 heterocycles. The third-order valence-electron chi connectivity index (χ3n) is 2.88. The standard InChI is InChI=1S/C12H20N2S/c1-8-10(5-9-6-13-7-9)14-11(15-8)12(2,3)4/h9,13H,5-7H2,1-4H3. The van der Waals surface area contributed by atoms with E-state index in [0.29, 0.717) is 0 Å². The van der Waals surface area contributed by atoms with Crippen molar-refractivity contribution in [2.75, 3.05) is 13.1 Å². The van der Waals surface area contributed by atoms with E-state index in [1.807, 2.05) is 11.3 Å². The highest BCUT2D eigenvalue weighted by Gasteiger charge is 2.23. The summed E-state index contributed by atoms with van der Waals surface area (Å²) < 4.78 is 0. The molecule has 3 heteroatoms. The Morgan fingerprint density at radius 2 is 2.07 bits per heavy atom. The van der Waals surface area contributed by atoms with Gasteiger partial charge in [-0.1, -0.05) is 20.8 Å². The van der Waals surface area contributed by atoms with Crippen molar-refractivity contribution >= 4 is 11.3 Å². The number of nitrogens with zero attached hydrogens (tertiary/aromatic N) is 1. The zero-order chi connectivity index (χ0) is 11.1. The van der Waals surface area contributed by atoms with Gasteiger partial charge in [-0.3, -0.25) is 0 Å². The lowest BCUT2D eigenvalue weighted by Gasteiger charge is -2.26. The Hall–Kier alpha value is -0.410. The van der Waals surface area contributed by atoms with Gasteiger partial charge in [0.25, 0.3) is 0 Å². The van der Waals surface area contributed by atoms with Crippen molar-refractivity contribution < 1.29 is 0 Å². The van der Waals surface area contributed by atoms with Gasteiger partial charge in [0.1, 0.15) is 0 Å². The van der Waals surface area contributed by atoms with Crippen LogP contribution in [0.3, 0.4) is 0 Å². The van der Waals surface area contributed by atoms with Crippen LogP contribution in [0.1, 0.15) is 36.3 Å². The first-order valence-electron chi connectivity index (χ1n) is 5.64. The molecule has 84 valence electrons. The Bertz CT molecular complexity index is 345. The maximum absolute atomic E-state index is 4.79. The van der Waals surface area contributed by atoms with Gasteiger partial charge in [0.15, 0.2) is 0 Å². The molecule has 2 nitrogen and oxygen atoms in total. The SMILES string of the molecule is Cc1sc(C(C)(C)C)nc1CC1CNC1. The molecule has 15 heavy (non-hydrogen) atoms. The van der Waals surface area contributed by atoms with Gasteiger partial charge in [0, 0.05) is 10.3 Å².